The van der Waals surface area contributed by atoms with E-state index in [9.17, 15) is 5.26 Å². The molecule has 3 aromatic heterocycles. The van der Waals surface area contributed by atoms with Crippen molar-refractivity contribution in [3.05, 3.63) is 187 Å². The molecule has 0 aliphatic heterocycles. The molecule has 10 aromatic rings. The lowest BCUT2D eigenvalue weighted by Gasteiger charge is -2.19. The lowest BCUT2D eigenvalue weighted by atomic mass is 10.0. The smallest absolute Gasteiger partial charge is 0.0991 e. The van der Waals surface area contributed by atoms with Crippen LogP contribution in [0.25, 0.3) is 88.4 Å². The van der Waals surface area contributed by atoms with Gasteiger partial charge in [0, 0.05) is 27.1 Å². The summed E-state index contributed by atoms with van der Waals surface area (Å²) in [5.41, 5.74) is 16.3. The highest BCUT2D eigenvalue weighted by molar-refractivity contribution is 6.13. The van der Waals surface area contributed by atoms with Crippen LogP contribution in [0, 0.1) is 25.2 Å². The highest BCUT2D eigenvalue weighted by atomic mass is 15.0. The molecule has 254 valence electrons. The molecule has 0 fully saturated rings. The molecule has 0 N–H and O–H groups in total. The summed E-state index contributed by atoms with van der Waals surface area (Å²) in [5, 5.41) is 14.5. The van der Waals surface area contributed by atoms with Crippen molar-refractivity contribution < 1.29 is 0 Å². The minimum atomic E-state index is 0.622. The molecule has 0 unspecified atom stereocenters. The number of hydrogen-bond acceptors (Lipinski definition) is 2. The fourth-order valence-electron chi connectivity index (χ4n) is 8.26. The maximum atomic E-state index is 9.75. The van der Waals surface area contributed by atoms with E-state index in [1.165, 1.54) is 54.9 Å². The molecule has 54 heavy (non-hydrogen) atoms. The van der Waals surface area contributed by atoms with Crippen molar-refractivity contribution in [3.8, 4) is 50.8 Å². The first kappa shape index (κ1) is 31.5. The number of benzene rings is 7. The molecule has 0 bridgehead atoms. The zero-order chi connectivity index (χ0) is 36.3. The number of aryl methyl sites for hydroxylation is 2. The largest absolute Gasteiger partial charge is 0.307 e. The molecule has 0 atom stereocenters. The van der Waals surface area contributed by atoms with E-state index in [0.29, 0.717) is 5.56 Å². The van der Waals surface area contributed by atoms with Crippen molar-refractivity contribution in [1.29, 1.82) is 5.26 Å². The number of rotatable bonds is 5. The molecule has 4 heteroatoms. The maximum absolute atomic E-state index is 9.75. The van der Waals surface area contributed by atoms with Crippen LogP contribution in [-0.4, -0.2) is 14.1 Å². The third kappa shape index (κ3) is 5.02. The fourth-order valence-corrected chi connectivity index (χ4v) is 8.26. The van der Waals surface area contributed by atoms with Gasteiger partial charge in [-0.2, -0.15) is 5.26 Å². The van der Waals surface area contributed by atoms with E-state index in [1.807, 2.05) is 24.5 Å². The first-order valence-electron chi connectivity index (χ1n) is 18.3. The number of nitrogens with zero attached hydrogens (tertiary/aromatic N) is 4. The number of fused-ring (bicyclic) bond motifs is 6. The van der Waals surface area contributed by atoms with Crippen molar-refractivity contribution in [2.75, 3.05) is 0 Å². The Morgan fingerprint density at radius 3 is 1.35 bits per heavy atom. The quantitative estimate of drug-likeness (QED) is 0.180. The Bertz CT molecular complexity index is 2950. The predicted octanol–water partition coefficient (Wildman–Crippen LogP) is 12.8. The fraction of sp³-hybridized carbons (Fsp3) is 0.0400. The lowest BCUT2D eigenvalue weighted by molar-refractivity contribution is 1.09. The third-order valence-electron chi connectivity index (χ3n) is 10.7. The Hall–Kier alpha value is -7.22. The van der Waals surface area contributed by atoms with E-state index in [2.05, 4.69) is 175 Å². The van der Waals surface area contributed by atoms with Gasteiger partial charge in [0.05, 0.1) is 57.5 Å². The minimum absolute atomic E-state index is 0.622. The van der Waals surface area contributed by atoms with Gasteiger partial charge in [0.15, 0.2) is 0 Å². The van der Waals surface area contributed by atoms with Crippen LogP contribution in [0.2, 0.25) is 0 Å². The summed E-state index contributed by atoms with van der Waals surface area (Å²) in [7, 11) is 0. The van der Waals surface area contributed by atoms with E-state index >= 15 is 0 Å². The van der Waals surface area contributed by atoms with Crippen molar-refractivity contribution in [3.63, 3.8) is 0 Å². The number of hydrogen-bond donors (Lipinski definition) is 0. The van der Waals surface area contributed by atoms with Crippen LogP contribution in [0.5, 0.6) is 0 Å². The van der Waals surface area contributed by atoms with Gasteiger partial charge in [-0.15, -0.1) is 0 Å². The highest BCUT2D eigenvalue weighted by Gasteiger charge is 2.23. The highest BCUT2D eigenvalue weighted by Crippen LogP contribution is 2.43. The van der Waals surface area contributed by atoms with Crippen LogP contribution in [0.15, 0.2) is 170 Å². The Kier molecular flexibility index (Phi) is 7.28. The maximum Gasteiger partial charge on any atom is 0.0991 e. The minimum Gasteiger partial charge on any atom is -0.307 e. The number of nitriles is 1. The molecule has 7 aromatic carbocycles. The standard InChI is InChI=1S/C50H34N4/c1-32-9-7-11-36(25-32)38-21-23-46-42(27-38)40-13-3-5-15-44(40)53(46)48-30-52-31-49(50(48)35-19-17-34(29-51)18-20-35)54-45-16-6-4-14-41(45)43-28-39(22-24-47(43)54)37-12-8-10-33(2)26-37/h3-28,30-31H,1-2H3. The van der Waals surface area contributed by atoms with Crippen LogP contribution in [-0.2, 0) is 0 Å². The first-order valence-corrected chi connectivity index (χ1v) is 18.3. The van der Waals surface area contributed by atoms with E-state index in [-0.39, 0.29) is 0 Å². The Morgan fingerprint density at radius 2 is 0.870 bits per heavy atom. The van der Waals surface area contributed by atoms with Gasteiger partial charge < -0.3 is 9.13 Å². The SMILES string of the molecule is Cc1cccc(-c2ccc3c(c2)c2ccccc2n3-c2cncc(-n3c4ccccc4c4cc(-c5cccc(C)c5)ccc43)c2-c2ccc(C#N)cc2)c1. The van der Waals surface area contributed by atoms with Crippen LogP contribution in [0.1, 0.15) is 16.7 Å². The van der Waals surface area contributed by atoms with Gasteiger partial charge >= 0.3 is 0 Å². The normalized spacial score (nSPS) is 11.5. The molecular weight excluding hydrogens is 657 g/mol. The summed E-state index contributed by atoms with van der Waals surface area (Å²) in [6.07, 6.45) is 3.97. The molecule has 0 saturated carbocycles. The van der Waals surface area contributed by atoms with Gasteiger partial charge in [0.1, 0.15) is 0 Å². The first-order chi connectivity index (χ1) is 26.6. The molecule has 0 spiro atoms. The van der Waals surface area contributed by atoms with Gasteiger partial charge in [-0.25, -0.2) is 0 Å². The topological polar surface area (TPSA) is 46.5 Å². The summed E-state index contributed by atoms with van der Waals surface area (Å²) in [4.78, 5) is 5.00. The molecular formula is C50H34N4. The second kappa shape index (κ2) is 12.5. The van der Waals surface area contributed by atoms with Crippen molar-refractivity contribution in [2.45, 2.75) is 13.8 Å². The van der Waals surface area contributed by atoms with Crippen molar-refractivity contribution >= 4 is 43.6 Å². The molecule has 0 radical (unpaired) electrons. The van der Waals surface area contributed by atoms with E-state index in [0.717, 1.165) is 44.6 Å². The Morgan fingerprint density at radius 1 is 0.426 bits per heavy atom. The average molecular weight is 691 g/mol. The third-order valence-corrected chi connectivity index (χ3v) is 10.7. The second-order valence-corrected chi connectivity index (χ2v) is 14.1. The van der Waals surface area contributed by atoms with E-state index < -0.39 is 0 Å². The van der Waals surface area contributed by atoms with Crippen LogP contribution in [0.3, 0.4) is 0 Å². The zero-order valence-electron chi connectivity index (χ0n) is 30.0. The summed E-state index contributed by atoms with van der Waals surface area (Å²) < 4.78 is 4.72. The number of aromatic nitrogens is 3. The molecule has 0 saturated heterocycles. The molecule has 0 amide bonds. The summed E-state index contributed by atoms with van der Waals surface area (Å²) >= 11 is 0. The zero-order valence-corrected chi connectivity index (χ0v) is 30.0. The van der Waals surface area contributed by atoms with Crippen molar-refractivity contribution in [1.82, 2.24) is 14.1 Å². The molecule has 3 heterocycles. The van der Waals surface area contributed by atoms with Gasteiger partial charge in [-0.3, -0.25) is 4.98 Å². The molecule has 0 aliphatic rings. The Balaban J connectivity index is 1.28. The van der Waals surface area contributed by atoms with Gasteiger partial charge in [0.2, 0.25) is 0 Å². The van der Waals surface area contributed by atoms with Gasteiger partial charge in [-0.05, 0) is 90.2 Å². The van der Waals surface area contributed by atoms with Crippen molar-refractivity contribution in [2.24, 2.45) is 0 Å². The van der Waals surface area contributed by atoms with E-state index in [1.54, 1.807) is 0 Å². The molecule has 0 aliphatic carbocycles. The lowest BCUT2D eigenvalue weighted by Crippen LogP contribution is -2.05. The summed E-state index contributed by atoms with van der Waals surface area (Å²) in [5.74, 6) is 0. The summed E-state index contributed by atoms with van der Waals surface area (Å²) in [6.45, 7) is 4.28. The second-order valence-electron chi connectivity index (χ2n) is 14.1. The van der Waals surface area contributed by atoms with Crippen LogP contribution in [0.4, 0.5) is 0 Å². The Labute approximate surface area is 313 Å². The van der Waals surface area contributed by atoms with Gasteiger partial charge in [-0.1, -0.05) is 120 Å². The van der Waals surface area contributed by atoms with Crippen LogP contribution < -0.4 is 0 Å². The van der Waals surface area contributed by atoms with E-state index in [4.69, 9.17) is 4.98 Å². The summed E-state index contributed by atoms with van der Waals surface area (Å²) in [6, 6.07) is 58.5. The monoisotopic (exact) mass is 690 g/mol. The van der Waals surface area contributed by atoms with Crippen LogP contribution >= 0.6 is 0 Å². The number of pyridine rings is 1. The average Bonchev–Trinajstić information content (AvgIpc) is 3.73. The molecule has 10 rings (SSSR count). The molecule has 4 nitrogen and oxygen atoms in total. The number of para-hydroxylation sites is 2. The van der Waals surface area contributed by atoms with Gasteiger partial charge in [0.25, 0.3) is 0 Å². The predicted molar refractivity (Wildman–Crippen MR) is 223 cm³/mol.